The van der Waals surface area contributed by atoms with Gasteiger partial charge in [0.15, 0.2) is 11.5 Å². The second-order valence-corrected chi connectivity index (χ2v) is 8.67. The molecule has 1 heterocycles. The molecule has 0 atom stereocenters. The van der Waals surface area contributed by atoms with E-state index in [1.54, 1.807) is 12.1 Å². The molecule has 2 aromatic rings. The van der Waals surface area contributed by atoms with Crippen LogP contribution in [-0.2, 0) is 0 Å². The number of anilines is 2. The lowest BCUT2D eigenvalue weighted by Crippen LogP contribution is -2.46. The van der Waals surface area contributed by atoms with Gasteiger partial charge in [0.1, 0.15) is 0 Å². The van der Waals surface area contributed by atoms with Crippen molar-refractivity contribution in [2.45, 2.75) is 34.6 Å². The molecular formula is C26H37N3O3. The summed E-state index contributed by atoms with van der Waals surface area (Å²) >= 11 is 0. The zero-order chi connectivity index (χ0) is 23.1. The molecule has 0 aromatic heterocycles. The number of carbonyl (C=O) groups is 1. The number of aryl methyl sites for hydroxylation is 1. The average Bonchev–Trinajstić information content (AvgIpc) is 2.79. The van der Waals surface area contributed by atoms with Gasteiger partial charge in [0, 0.05) is 43.1 Å². The number of nitrogens with zero attached hydrogens (tertiary/aromatic N) is 2. The number of benzene rings is 2. The summed E-state index contributed by atoms with van der Waals surface area (Å²) in [7, 11) is 0. The van der Waals surface area contributed by atoms with Crippen molar-refractivity contribution in [2.75, 3.05) is 56.2 Å². The summed E-state index contributed by atoms with van der Waals surface area (Å²) in [6.45, 7) is 16.8. The molecule has 2 aromatic carbocycles. The van der Waals surface area contributed by atoms with Crippen molar-refractivity contribution in [3.8, 4) is 11.5 Å². The van der Waals surface area contributed by atoms with Crippen molar-refractivity contribution in [3.63, 3.8) is 0 Å². The predicted molar refractivity (Wildman–Crippen MR) is 131 cm³/mol. The minimum absolute atomic E-state index is 0.159. The Bertz CT molecular complexity index is 905. The fourth-order valence-electron chi connectivity index (χ4n) is 3.79. The zero-order valence-corrected chi connectivity index (χ0v) is 20.1. The van der Waals surface area contributed by atoms with Crippen molar-refractivity contribution in [1.82, 2.24) is 4.90 Å². The van der Waals surface area contributed by atoms with Crippen molar-refractivity contribution in [2.24, 2.45) is 5.92 Å². The number of hydrogen-bond acceptors (Lipinski definition) is 5. The molecule has 32 heavy (non-hydrogen) atoms. The lowest BCUT2D eigenvalue weighted by Gasteiger charge is -2.35. The fraction of sp³-hybridized carbons (Fsp3) is 0.500. The highest BCUT2D eigenvalue weighted by molar-refractivity contribution is 6.05. The van der Waals surface area contributed by atoms with Gasteiger partial charge in [-0.25, -0.2) is 0 Å². The maximum atomic E-state index is 12.9. The van der Waals surface area contributed by atoms with Crippen LogP contribution >= 0.6 is 0 Å². The van der Waals surface area contributed by atoms with Gasteiger partial charge < -0.3 is 24.6 Å². The Kier molecular flexibility index (Phi) is 8.39. The molecule has 6 nitrogen and oxygen atoms in total. The Morgan fingerprint density at radius 3 is 2.38 bits per heavy atom. The Morgan fingerprint density at radius 2 is 1.75 bits per heavy atom. The molecule has 6 heteroatoms. The van der Waals surface area contributed by atoms with Gasteiger partial charge in [-0.2, -0.15) is 0 Å². The van der Waals surface area contributed by atoms with Crippen LogP contribution in [0.25, 0.3) is 0 Å². The maximum absolute atomic E-state index is 12.9. The van der Waals surface area contributed by atoms with Gasteiger partial charge in [0.25, 0.3) is 5.91 Å². The van der Waals surface area contributed by atoms with Gasteiger partial charge in [-0.15, -0.1) is 0 Å². The number of carbonyl (C=O) groups excluding carboxylic acids is 1. The van der Waals surface area contributed by atoms with E-state index in [4.69, 9.17) is 9.47 Å². The summed E-state index contributed by atoms with van der Waals surface area (Å²) in [5.41, 5.74) is 3.63. The summed E-state index contributed by atoms with van der Waals surface area (Å²) < 4.78 is 11.6. The maximum Gasteiger partial charge on any atom is 0.255 e. The molecule has 1 aliphatic rings. The van der Waals surface area contributed by atoms with Crippen LogP contribution in [0.1, 0.15) is 43.6 Å². The lowest BCUT2D eigenvalue weighted by atomic mass is 10.1. The number of nitrogens with one attached hydrogen (secondary N) is 1. The molecule has 0 radical (unpaired) electrons. The molecule has 1 aliphatic heterocycles. The van der Waals surface area contributed by atoms with Crippen molar-refractivity contribution < 1.29 is 14.3 Å². The third-order valence-electron chi connectivity index (χ3n) is 5.72. The van der Waals surface area contributed by atoms with E-state index in [0.717, 1.165) is 44.0 Å². The fourth-order valence-corrected chi connectivity index (χ4v) is 3.79. The monoisotopic (exact) mass is 439 g/mol. The highest BCUT2D eigenvalue weighted by Gasteiger charge is 2.17. The van der Waals surface area contributed by atoms with E-state index in [0.29, 0.717) is 36.2 Å². The van der Waals surface area contributed by atoms with E-state index in [-0.39, 0.29) is 5.91 Å². The van der Waals surface area contributed by atoms with Crippen LogP contribution in [0.4, 0.5) is 11.4 Å². The van der Waals surface area contributed by atoms with E-state index in [9.17, 15) is 4.79 Å². The minimum Gasteiger partial charge on any atom is -0.490 e. The second kappa shape index (κ2) is 11.2. The molecule has 0 unspecified atom stereocenters. The largest absolute Gasteiger partial charge is 0.490 e. The van der Waals surface area contributed by atoms with E-state index < -0.39 is 0 Å². The molecule has 0 spiro atoms. The molecule has 3 rings (SSSR count). The predicted octanol–water partition coefficient (Wildman–Crippen LogP) is 4.82. The number of ether oxygens (including phenoxy) is 2. The van der Waals surface area contributed by atoms with Crippen LogP contribution in [0.3, 0.4) is 0 Å². The highest BCUT2D eigenvalue weighted by Crippen LogP contribution is 2.30. The first kappa shape index (κ1) is 23.9. The number of rotatable bonds is 9. The van der Waals surface area contributed by atoms with Crippen LogP contribution in [0, 0.1) is 12.8 Å². The molecule has 0 aliphatic carbocycles. The first-order chi connectivity index (χ1) is 15.4. The van der Waals surface area contributed by atoms with Crippen LogP contribution < -0.4 is 19.7 Å². The van der Waals surface area contributed by atoms with Gasteiger partial charge in [-0.05, 0) is 68.3 Å². The number of likely N-dealkylation sites (N-methyl/N-ethyl adjacent to an activating group) is 1. The average molecular weight is 440 g/mol. The summed E-state index contributed by atoms with van der Waals surface area (Å²) in [6, 6.07) is 11.6. The Hall–Kier alpha value is -2.73. The van der Waals surface area contributed by atoms with Crippen LogP contribution in [-0.4, -0.2) is 56.7 Å². The number of amides is 1. The van der Waals surface area contributed by atoms with Crippen LogP contribution in [0.2, 0.25) is 0 Å². The van der Waals surface area contributed by atoms with E-state index >= 15 is 0 Å². The molecule has 1 amide bonds. The zero-order valence-electron chi connectivity index (χ0n) is 20.1. The third kappa shape index (κ3) is 6.16. The topological polar surface area (TPSA) is 54.0 Å². The Balaban J connectivity index is 1.69. The van der Waals surface area contributed by atoms with E-state index in [1.807, 2.05) is 26.0 Å². The first-order valence-corrected chi connectivity index (χ1v) is 11.7. The normalized spacial score (nSPS) is 14.5. The standard InChI is InChI=1S/C26H37N3O3/c1-6-28-12-14-29(15-13-28)22-9-10-23(20(5)16-22)27-26(30)21-8-11-24(32-18-19(3)4)25(17-21)31-7-2/h8-11,16-17,19H,6-7,12-15,18H2,1-5H3,(H,27,30). The number of piperazine rings is 1. The summed E-state index contributed by atoms with van der Waals surface area (Å²) in [5.74, 6) is 1.52. The first-order valence-electron chi connectivity index (χ1n) is 11.7. The quantitative estimate of drug-likeness (QED) is 0.607. The van der Waals surface area contributed by atoms with Crippen molar-refractivity contribution in [1.29, 1.82) is 0 Å². The molecule has 1 saturated heterocycles. The molecule has 0 bridgehead atoms. The van der Waals surface area contributed by atoms with Gasteiger partial charge in [0.2, 0.25) is 0 Å². The molecular weight excluding hydrogens is 402 g/mol. The van der Waals surface area contributed by atoms with Crippen molar-refractivity contribution >= 4 is 17.3 Å². The molecule has 0 saturated carbocycles. The van der Waals surface area contributed by atoms with Gasteiger partial charge in [-0.3, -0.25) is 4.79 Å². The summed E-state index contributed by atoms with van der Waals surface area (Å²) in [4.78, 5) is 17.8. The van der Waals surface area contributed by atoms with Crippen molar-refractivity contribution in [3.05, 3.63) is 47.5 Å². The SMILES string of the molecule is CCOc1cc(C(=O)Nc2ccc(N3CCN(CC)CC3)cc2C)ccc1OCC(C)C. The number of hydrogen-bond donors (Lipinski definition) is 1. The molecule has 1 fully saturated rings. The van der Waals surface area contributed by atoms with Gasteiger partial charge in [0.05, 0.1) is 13.2 Å². The summed E-state index contributed by atoms with van der Waals surface area (Å²) in [5, 5.41) is 3.05. The molecule has 1 N–H and O–H groups in total. The molecule has 174 valence electrons. The van der Waals surface area contributed by atoms with Crippen LogP contribution in [0.5, 0.6) is 11.5 Å². The smallest absolute Gasteiger partial charge is 0.255 e. The third-order valence-corrected chi connectivity index (χ3v) is 5.72. The van der Waals surface area contributed by atoms with Gasteiger partial charge >= 0.3 is 0 Å². The minimum atomic E-state index is -0.159. The Morgan fingerprint density at radius 1 is 1.00 bits per heavy atom. The second-order valence-electron chi connectivity index (χ2n) is 8.67. The lowest BCUT2D eigenvalue weighted by molar-refractivity contribution is 0.102. The Labute approximate surface area is 192 Å². The van der Waals surface area contributed by atoms with E-state index in [1.165, 1.54) is 5.69 Å². The highest BCUT2D eigenvalue weighted by atomic mass is 16.5. The summed E-state index contributed by atoms with van der Waals surface area (Å²) in [6.07, 6.45) is 0. The van der Waals surface area contributed by atoms with Crippen LogP contribution in [0.15, 0.2) is 36.4 Å². The van der Waals surface area contributed by atoms with Gasteiger partial charge in [-0.1, -0.05) is 20.8 Å². The van der Waals surface area contributed by atoms with E-state index in [2.05, 4.69) is 48.0 Å².